The maximum atomic E-state index is 12.2. The van der Waals surface area contributed by atoms with E-state index in [2.05, 4.69) is 4.98 Å². The smallest absolute Gasteiger partial charge is 0.325 e. The number of aromatic amines is 2. The van der Waals surface area contributed by atoms with Gasteiger partial charge in [0.2, 0.25) is 10.0 Å². The third kappa shape index (κ3) is 2.11. The van der Waals surface area contributed by atoms with Gasteiger partial charge in [0.1, 0.15) is 0 Å². The summed E-state index contributed by atoms with van der Waals surface area (Å²) in [6.07, 6.45) is 0.908. The highest BCUT2D eigenvalue weighted by Crippen LogP contribution is 2.21. The van der Waals surface area contributed by atoms with Gasteiger partial charge in [0.25, 0.3) is 5.56 Å². The van der Waals surface area contributed by atoms with Crippen LogP contribution in [0.1, 0.15) is 6.92 Å². The minimum atomic E-state index is -3.91. The van der Waals surface area contributed by atoms with Gasteiger partial charge >= 0.3 is 5.69 Å². The molecule has 1 saturated heterocycles. The molecule has 0 bridgehead atoms. The fourth-order valence-corrected chi connectivity index (χ4v) is 3.44. The van der Waals surface area contributed by atoms with E-state index in [1.807, 2.05) is 11.9 Å². The number of rotatable bonds is 2. The summed E-state index contributed by atoms with van der Waals surface area (Å²) in [5, 5.41) is 0. The third-order valence-electron chi connectivity index (χ3n) is 3.04. The van der Waals surface area contributed by atoms with Crippen LogP contribution in [-0.4, -0.2) is 41.8 Å². The molecule has 2 heterocycles. The molecule has 2 rings (SSSR count). The number of hydrogen-bond acceptors (Lipinski definition) is 5. The highest BCUT2D eigenvalue weighted by atomic mass is 32.2. The van der Waals surface area contributed by atoms with Gasteiger partial charge in [-0.05, 0) is 5.92 Å². The maximum absolute atomic E-state index is 12.2. The van der Waals surface area contributed by atoms with Crippen LogP contribution in [0.5, 0.6) is 0 Å². The standard InChI is InChI=1S/C9H14N4O4S/c1-5-3-13(4-6(5)10)18(16,17)7-2-11-9(15)12-8(7)14/h2,5-6H,3-4,10H2,1H3,(H2,11,12,14,15). The van der Waals surface area contributed by atoms with E-state index < -0.39 is 26.2 Å². The zero-order chi connectivity index (χ0) is 13.5. The summed E-state index contributed by atoms with van der Waals surface area (Å²) in [7, 11) is -3.91. The number of hydrogen-bond donors (Lipinski definition) is 3. The van der Waals surface area contributed by atoms with Gasteiger partial charge < -0.3 is 10.7 Å². The lowest BCUT2D eigenvalue weighted by atomic mass is 10.1. The van der Waals surface area contributed by atoms with E-state index in [0.717, 1.165) is 10.5 Å². The number of nitrogens with one attached hydrogen (secondary N) is 2. The zero-order valence-corrected chi connectivity index (χ0v) is 10.5. The molecule has 4 N–H and O–H groups in total. The predicted octanol–water partition coefficient (Wildman–Crippen LogP) is -1.97. The van der Waals surface area contributed by atoms with Crippen molar-refractivity contribution in [3.8, 4) is 0 Å². The fourth-order valence-electron chi connectivity index (χ4n) is 1.87. The van der Waals surface area contributed by atoms with Crippen LogP contribution in [0.2, 0.25) is 0 Å². The topological polar surface area (TPSA) is 129 Å². The number of aromatic nitrogens is 2. The predicted molar refractivity (Wildman–Crippen MR) is 63.6 cm³/mol. The zero-order valence-electron chi connectivity index (χ0n) is 9.71. The molecule has 100 valence electrons. The van der Waals surface area contributed by atoms with Crippen molar-refractivity contribution in [1.82, 2.24) is 14.3 Å². The van der Waals surface area contributed by atoms with Gasteiger partial charge in [0.15, 0.2) is 4.90 Å². The minimum absolute atomic E-state index is 0.0293. The van der Waals surface area contributed by atoms with Crippen LogP contribution in [0.4, 0.5) is 0 Å². The Kier molecular flexibility index (Phi) is 3.13. The summed E-state index contributed by atoms with van der Waals surface area (Å²) in [6, 6.07) is -0.249. The molecule has 1 aromatic rings. The molecule has 0 aromatic carbocycles. The van der Waals surface area contributed by atoms with Crippen LogP contribution in [0.3, 0.4) is 0 Å². The van der Waals surface area contributed by atoms with E-state index >= 15 is 0 Å². The van der Waals surface area contributed by atoms with Crippen LogP contribution >= 0.6 is 0 Å². The molecule has 8 nitrogen and oxygen atoms in total. The van der Waals surface area contributed by atoms with E-state index in [4.69, 9.17) is 5.73 Å². The molecule has 0 radical (unpaired) electrons. The van der Waals surface area contributed by atoms with Crippen molar-refractivity contribution in [2.75, 3.05) is 13.1 Å². The number of nitrogens with two attached hydrogens (primary N) is 1. The summed E-state index contributed by atoms with van der Waals surface area (Å²) >= 11 is 0. The van der Waals surface area contributed by atoms with Crippen molar-refractivity contribution in [1.29, 1.82) is 0 Å². The largest absolute Gasteiger partial charge is 0.326 e. The monoisotopic (exact) mass is 274 g/mol. The molecule has 18 heavy (non-hydrogen) atoms. The van der Waals surface area contributed by atoms with Gasteiger partial charge in [0, 0.05) is 25.3 Å². The van der Waals surface area contributed by atoms with Crippen LogP contribution in [0.25, 0.3) is 0 Å². The quantitative estimate of drug-likeness (QED) is 0.576. The van der Waals surface area contributed by atoms with Crippen molar-refractivity contribution >= 4 is 10.0 Å². The summed E-state index contributed by atoms with van der Waals surface area (Å²) < 4.78 is 25.5. The van der Waals surface area contributed by atoms with Crippen molar-refractivity contribution in [3.05, 3.63) is 27.0 Å². The van der Waals surface area contributed by atoms with Gasteiger partial charge in [-0.15, -0.1) is 0 Å². The van der Waals surface area contributed by atoms with E-state index in [1.165, 1.54) is 0 Å². The Morgan fingerprint density at radius 2 is 2.06 bits per heavy atom. The molecule has 0 spiro atoms. The Balaban J connectivity index is 2.44. The molecule has 1 fully saturated rings. The molecule has 1 aromatic heterocycles. The highest BCUT2D eigenvalue weighted by Gasteiger charge is 2.36. The molecule has 0 aliphatic carbocycles. The second kappa shape index (κ2) is 4.34. The van der Waals surface area contributed by atoms with Crippen LogP contribution in [0, 0.1) is 5.92 Å². The molecule has 2 atom stereocenters. The second-order valence-corrected chi connectivity index (χ2v) is 6.31. The van der Waals surface area contributed by atoms with E-state index in [1.54, 1.807) is 0 Å². The normalized spacial score (nSPS) is 25.4. The van der Waals surface area contributed by atoms with Gasteiger partial charge in [-0.2, -0.15) is 4.31 Å². The average molecular weight is 274 g/mol. The molecule has 1 aliphatic rings. The first kappa shape index (κ1) is 13.0. The van der Waals surface area contributed by atoms with Gasteiger partial charge in [-0.25, -0.2) is 13.2 Å². The Hall–Kier alpha value is -1.45. The Morgan fingerprint density at radius 3 is 2.56 bits per heavy atom. The summed E-state index contributed by atoms with van der Waals surface area (Å²) in [5.74, 6) is 0.0293. The van der Waals surface area contributed by atoms with Gasteiger partial charge in [0.05, 0.1) is 0 Å². The Labute approximate surface area is 103 Å². The molecule has 0 saturated carbocycles. The van der Waals surface area contributed by atoms with Crippen molar-refractivity contribution in [2.45, 2.75) is 17.9 Å². The third-order valence-corrected chi connectivity index (χ3v) is 4.88. The molecule has 0 amide bonds. The number of sulfonamides is 1. The minimum Gasteiger partial charge on any atom is -0.326 e. The Morgan fingerprint density at radius 1 is 1.39 bits per heavy atom. The van der Waals surface area contributed by atoms with E-state index in [0.29, 0.717) is 0 Å². The maximum Gasteiger partial charge on any atom is 0.325 e. The Bertz CT molecular complexity index is 652. The SMILES string of the molecule is CC1CN(S(=O)(=O)c2c[nH]c(=O)[nH]c2=O)CC1N. The van der Waals surface area contributed by atoms with Crippen LogP contribution in [-0.2, 0) is 10.0 Å². The van der Waals surface area contributed by atoms with Crippen LogP contribution < -0.4 is 17.0 Å². The molecular weight excluding hydrogens is 260 g/mol. The summed E-state index contributed by atoms with van der Waals surface area (Å²) in [6.45, 7) is 2.28. The second-order valence-electron chi connectivity index (χ2n) is 4.40. The van der Waals surface area contributed by atoms with E-state index in [9.17, 15) is 18.0 Å². The lowest BCUT2D eigenvalue weighted by Crippen LogP contribution is -2.36. The summed E-state index contributed by atoms with van der Waals surface area (Å²) in [4.78, 5) is 25.9. The first-order chi connectivity index (χ1) is 8.32. The van der Waals surface area contributed by atoms with Gasteiger partial charge in [-0.3, -0.25) is 9.78 Å². The fraction of sp³-hybridized carbons (Fsp3) is 0.556. The summed E-state index contributed by atoms with van der Waals surface area (Å²) in [5.41, 5.74) is 4.09. The molecular formula is C9H14N4O4S. The van der Waals surface area contributed by atoms with Crippen molar-refractivity contribution in [3.63, 3.8) is 0 Å². The van der Waals surface area contributed by atoms with Crippen LogP contribution in [0.15, 0.2) is 20.7 Å². The molecule has 1 aliphatic heterocycles. The first-order valence-corrected chi connectivity index (χ1v) is 6.84. The average Bonchev–Trinajstić information content (AvgIpc) is 2.59. The lowest BCUT2D eigenvalue weighted by molar-refractivity contribution is 0.463. The molecule has 2 unspecified atom stereocenters. The molecule has 9 heteroatoms. The first-order valence-electron chi connectivity index (χ1n) is 5.40. The van der Waals surface area contributed by atoms with Gasteiger partial charge in [-0.1, -0.05) is 6.92 Å². The lowest BCUT2D eigenvalue weighted by Gasteiger charge is -2.14. The number of nitrogens with zero attached hydrogens (tertiary/aromatic N) is 1. The van der Waals surface area contributed by atoms with E-state index in [-0.39, 0.29) is 25.0 Å². The van der Waals surface area contributed by atoms with Crippen molar-refractivity contribution < 1.29 is 8.42 Å². The van der Waals surface area contributed by atoms with Crippen molar-refractivity contribution in [2.24, 2.45) is 11.7 Å². The highest BCUT2D eigenvalue weighted by molar-refractivity contribution is 7.89. The number of H-pyrrole nitrogens is 2.